The SMILES string of the molecule is C=C(C)CN(CC)C(=O)CSc1nnc(COc2ccc(OC)cc2)n1-c1ccccc1F. The number of methoxy groups -OCH3 is 1. The number of likely N-dealkylation sites (N-methyl/N-ethyl adjacent to an activating group) is 1. The fraction of sp³-hybridized carbons (Fsp3) is 0.292. The van der Waals surface area contributed by atoms with Crippen molar-refractivity contribution in [3.05, 3.63) is 72.3 Å². The van der Waals surface area contributed by atoms with Crippen molar-refractivity contribution in [1.29, 1.82) is 0 Å². The van der Waals surface area contributed by atoms with Gasteiger partial charge in [-0.05, 0) is 50.2 Å². The molecule has 0 bridgehead atoms. The number of para-hydroxylation sites is 1. The summed E-state index contributed by atoms with van der Waals surface area (Å²) in [4.78, 5) is 14.4. The van der Waals surface area contributed by atoms with Crippen molar-refractivity contribution in [1.82, 2.24) is 19.7 Å². The number of hydrogen-bond acceptors (Lipinski definition) is 6. The summed E-state index contributed by atoms with van der Waals surface area (Å²) in [6.07, 6.45) is 0. The fourth-order valence-corrected chi connectivity index (χ4v) is 3.97. The van der Waals surface area contributed by atoms with Gasteiger partial charge in [0.2, 0.25) is 5.91 Å². The zero-order valence-electron chi connectivity index (χ0n) is 19.0. The fourth-order valence-electron chi connectivity index (χ4n) is 3.10. The van der Waals surface area contributed by atoms with E-state index in [-0.39, 0.29) is 18.3 Å². The molecule has 1 amide bonds. The molecule has 0 saturated heterocycles. The van der Waals surface area contributed by atoms with Crippen molar-refractivity contribution in [2.45, 2.75) is 25.6 Å². The van der Waals surface area contributed by atoms with Crippen molar-refractivity contribution >= 4 is 17.7 Å². The molecule has 0 unspecified atom stereocenters. The second-order valence-electron chi connectivity index (χ2n) is 7.30. The number of amides is 1. The van der Waals surface area contributed by atoms with Crippen LogP contribution in [0.1, 0.15) is 19.7 Å². The molecule has 1 aromatic heterocycles. The third-order valence-corrected chi connectivity index (χ3v) is 5.65. The monoisotopic (exact) mass is 470 g/mol. The largest absolute Gasteiger partial charge is 0.497 e. The van der Waals surface area contributed by atoms with E-state index in [0.717, 1.165) is 5.57 Å². The highest BCUT2D eigenvalue weighted by Gasteiger charge is 2.20. The number of carbonyl (C=O) groups is 1. The van der Waals surface area contributed by atoms with Gasteiger partial charge in [0, 0.05) is 13.1 Å². The first-order valence-corrected chi connectivity index (χ1v) is 11.4. The zero-order valence-corrected chi connectivity index (χ0v) is 19.8. The lowest BCUT2D eigenvalue weighted by molar-refractivity contribution is -0.127. The van der Waals surface area contributed by atoms with Crippen LogP contribution < -0.4 is 9.47 Å². The Balaban J connectivity index is 1.81. The highest BCUT2D eigenvalue weighted by Crippen LogP contribution is 2.25. The standard InChI is InChI=1S/C24H27FN4O3S/c1-5-28(14-17(2)3)23(30)16-33-24-27-26-22(29(24)21-9-7-6-8-20(21)25)15-32-19-12-10-18(31-4)11-13-19/h6-13H,2,5,14-16H2,1,3-4H3. The number of nitrogens with zero attached hydrogens (tertiary/aromatic N) is 4. The minimum absolute atomic E-state index is 0.0513. The summed E-state index contributed by atoms with van der Waals surface area (Å²) in [7, 11) is 1.59. The molecule has 3 rings (SSSR count). The molecule has 1 heterocycles. The van der Waals surface area contributed by atoms with Crippen molar-refractivity contribution in [3.8, 4) is 17.2 Å². The van der Waals surface area contributed by atoms with Crippen molar-refractivity contribution in [3.63, 3.8) is 0 Å². The van der Waals surface area contributed by atoms with Crippen LogP contribution in [0.4, 0.5) is 4.39 Å². The molecule has 174 valence electrons. The van der Waals surface area contributed by atoms with Gasteiger partial charge in [0.05, 0.1) is 18.6 Å². The van der Waals surface area contributed by atoms with Crippen LogP contribution in [0.25, 0.3) is 5.69 Å². The van der Waals surface area contributed by atoms with Crippen LogP contribution in [0.3, 0.4) is 0 Å². The Hall–Kier alpha value is -3.33. The van der Waals surface area contributed by atoms with E-state index >= 15 is 0 Å². The third-order valence-electron chi connectivity index (χ3n) is 4.74. The summed E-state index contributed by atoms with van der Waals surface area (Å²) < 4.78 is 27.2. The molecule has 0 aliphatic carbocycles. The summed E-state index contributed by atoms with van der Waals surface area (Å²) in [6.45, 7) is 8.82. The number of rotatable bonds is 11. The second kappa shape index (κ2) is 11.5. The quantitative estimate of drug-likeness (QED) is 0.303. The van der Waals surface area contributed by atoms with Gasteiger partial charge in [-0.25, -0.2) is 4.39 Å². The number of hydrogen-bond donors (Lipinski definition) is 0. The van der Waals surface area contributed by atoms with Crippen LogP contribution >= 0.6 is 11.8 Å². The van der Waals surface area contributed by atoms with Crippen molar-refractivity contribution < 1.29 is 18.7 Å². The van der Waals surface area contributed by atoms with Crippen LogP contribution in [-0.2, 0) is 11.4 Å². The Morgan fingerprint density at radius 1 is 1.15 bits per heavy atom. The smallest absolute Gasteiger partial charge is 0.233 e. The topological polar surface area (TPSA) is 69.5 Å². The molecule has 0 saturated carbocycles. The number of ether oxygens (including phenoxy) is 2. The number of carbonyl (C=O) groups excluding carboxylic acids is 1. The van der Waals surface area contributed by atoms with E-state index in [9.17, 15) is 9.18 Å². The van der Waals surface area contributed by atoms with Gasteiger partial charge in [-0.1, -0.05) is 36.0 Å². The normalized spacial score (nSPS) is 10.7. The molecule has 3 aromatic rings. The van der Waals surface area contributed by atoms with E-state index in [1.54, 1.807) is 59.0 Å². The van der Waals surface area contributed by atoms with E-state index in [2.05, 4.69) is 16.8 Å². The van der Waals surface area contributed by atoms with Crippen LogP contribution in [0.2, 0.25) is 0 Å². The average Bonchev–Trinajstić information content (AvgIpc) is 3.22. The number of benzene rings is 2. The van der Waals surface area contributed by atoms with Crippen molar-refractivity contribution in [2.24, 2.45) is 0 Å². The van der Waals surface area contributed by atoms with Crippen LogP contribution in [-0.4, -0.2) is 51.5 Å². The molecule has 0 aliphatic rings. The Morgan fingerprint density at radius 2 is 1.85 bits per heavy atom. The lowest BCUT2D eigenvalue weighted by Gasteiger charge is -2.20. The maximum absolute atomic E-state index is 14.7. The van der Waals surface area contributed by atoms with E-state index in [1.165, 1.54) is 17.8 Å². The molecular formula is C24H27FN4O3S. The number of halogens is 1. The lowest BCUT2D eigenvalue weighted by atomic mass is 10.3. The zero-order chi connectivity index (χ0) is 23.8. The Kier molecular flexibility index (Phi) is 8.48. The van der Waals surface area contributed by atoms with Crippen molar-refractivity contribution in [2.75, 3.05) is 26.0 Å². The number of aromatic nitrogens is 3. The molecule has 2 aromatic carbocycles. The molecule has 0 aliphatic heterocycles. The van der Waals surface area contributed by atoms with Gasteiger partial charge in [0.1, 0.15) is 23.9 Å². The maximum Gasteiger partial charge on any atom is 0.233 e. The number of thioether (sulfide) groups is 1. The highest BCUT2D eigenvalue weighted by atomic mass is 32.2. The summed E-state index contributed by atoms with van der Waals surface area (Å²) in [5.41, 5.74) is 1.20. The predicted molar refractivity (Wildman–Crippen MR) is 126 cm³/mol. The molecule has 0 radical (unpaired) electrons. The van der Waals surface area contributed by atoms with Gasteiger partial charge >= 0.3 is 0 Å². The van der Waals surface area contributed by atoms with Gasteiger partial charge < -0.3 is 14.4 Å². The first-order chi connectivity index (χ1) is 15.9. The molecule has 7 nitrogen and oxygen atoms in total. The molecule has 0 fully saturated rings. The minimum Gasteiger partial charge on any atom is -0.497 e. The van der Waals surface area contributed by atoms with Gasteiger partial charge in [0.15, 0.2) is 11.0 Å². The lowest BCUT2D eigenvalue weighted by Crippen LogP contribution is -2.33. The van der Waals surface area contributed by atoms with Crippen LogP contribution in [0.5, 0.6) is 11.5 Å². The second-order valence-corrected chi connectivity index (χ2v) is 8.25. The molecule has 0 atom stereocenters. The van der Waals surface area contributed by atoms with Crippen LogP contribution in [0.15, 0.2) is 65.8 Å². The van der Waals surface area contributed by atoms with Gasteiger partial charge in [0.25, 0.3) is 0 Å². The average molecular weight is 471 g/mol. The Labute approximate surface area is 197 Å². The maximum atomic E-state index is 14.7. The van der Waals surface area contributed by atoms with Gasteiger partial charge in [-0.15, -0.1) is 10.2 Å². The van der Waals surface area contributed by atoms with E-state index < -0.39 is 5.82 Å². The van der Waals surface area contributed by atoms with Gasteiger partial charge in [-0.2, -0.15) is 0 Å². The highest BCUT2D eigenvalue weighted by molar-refractivity contribution is 7.99. The Bertz CT molecular complexity index is 1100. The van der Waals surface area contributed by atoms with E-state index in [4.69, 9.17) is 9.47 Å². The summed E-state index contributed by atoms with van der Waals surface area (Å²) in [5.74, 6) is 1.42. The summed E-state index contributed by atoms with van der Waals surface area (Å²) in [6, 6.07) is 13.5. The first-order valence-electron chi connectivity index (χ1n) is 10.4. The molecule has 9 heteroatoms. The Morgan fingerprint density at radius 3 is 2.48 bits per heavy atom. The first kappa shape index (κ1) is 24.3. The van der Waals surface area contributed by atoms with Crippen LogP contribution in [0, 0.1) is 5.82 Å². The minimum atomic E-state index is -0.423. The van der Waals surface area contributed by atoms with E-state index in [1.807, 2.05) is 13.8 Å². The molecule has 0 spiro atoms. The summed E-state index contributed by atoms with van der Waals surface area (Å²) in [5, 5.41) is 8.83. The molecule has 0 N–H and O–H groups in total. The molecule has 33 heavy (non-hydrogen) atoms. The van der Waals surface area contributed by atoms with Gasteiger partial charge in [-0.3, -0.25) is 9.36 Å². The summed E-state index contributed by atoms with van der Waals surface area (Å²) >= 11 is 1.21. The predicted octanol–water partition coefficient (Wildman–Crippen LogP) is 4.51. The third kappa shape index (κ3) is 6.35. The molecular weight excluding hydrogens is 443 g/mol. The van der Waals surface area contributed by atoms with E-state index in [0.29, 0.717) is 41.3 Å².